The summed E-state index contributed by atoms with van der Waals surface area (Å²) in [6.07, 6.45) is 1.39. The van der Waals surface area contributed by atoms with Gasteiger partial charge in [-0.15, -0.1) is 12.4 Å². The molecule has 1 atom stereocenters. The maximum Gasteiger partial charge on any atom is 0.252 e. The van der Waals surface area contributed by atoms with E-state index in [9.17, 15) is 9.59 Å². The van der Waals surface area contributed by atoms with E-state index in [0.717, 1.165) is 6.42 Å². The van der Waals surface area contributed by atoms with E-state index in [1.165, 1.54) is 13.1 Å². The Hall–Kier alpha value is -1.30. The minimum atomic E-state index is -0.943. The molecule has 21 heavy (non-hydrogen) atoms. The zero-order valence-corrected chi connectivity index (χ0v) is 13.9. The Labute approximate surface area is 136 Å². The molecule has 1 aromatic carbocycles. The number of carbonyl (C=O) groups excluding carboxylic acids is 2. The fourth-order valence-corrected chi connectivity index (χ4v) is 2.02. The maximum absolute atomic E-state index is 12.1. The molecule has 0 bridgehead atoms. The second kappa shape index (κ2) is 8.22. The van der Waals surface area contributed by atoms with Crippen LogP contribution in [-0.2, 0) is 4.79 Å². The monoisotopic (exact) mass is 333 g/mol. The normalized spacial score (nSPS) is 12.8. The van der Waals surface area contributed by atoms with Crippen molar-refractivity contribution in [2.45, 2.75) is 32.2 Å². The van der Waals surface area contributed by atoms with Gasteiger partial charge in [-0.2, -0.15) is 0 Å². The molecule has 0 fully saturated rings. The third-order valence-electron chi connectivity index (χ3n) is 2.98. The minimum Gasteiger partial charge on any atom is -0.355 e. The molecular formula is C14H21Cl2N3O2. The summed E-state index contributed by atoms with van der Waals surface area (Å²) >= 11 is 5.95. The van der Waals surface area contributed by atoms with Gasteiger partial charge in [-0.1, -0.05) is 24.9 Å². The number of amides is 2. The largest absolute Gasteiger partial charge is 0.355 e. The quantitative estimate of drug-likeness (QED) is 0.774. The summed E-state index contributed by atoms with van der Waals surface area (Å²) in [5.41, 5.74) is 5.81. The van der Waals surface area contributed by atoms with Gasteiger partial charge in [0.1, 0.15) is 0 Å². The second-order valence-corrected chi connectivity index (χ2v) is 5.30. The van der Waals surface area contributed by atoms with Crippen LogP contribution >= 0.6 is 24.0 Å². The van der Waals surface area contributed by atoms with Crippen molar-refractivity contribution in [3.05, 3.63) is 28.8 Å². The highest BCUT2D eigenvalue weighted by molar-refractivity contribution is 6.34. The number of benzene rings is 1. The lowest BCUT2D eigenvalue weighted by Crippen LogP contribution is -2.48. The highest BCUT2D eigenvalue weighted by atomic mass is 35.5. The smallest absolute Gasteiger partial charge is 0.252 e. The van der Waals surface area contributed by atoms with Crippen LogP contribution in [0.1, 0.15) is 37.0 Å². The Kier molecular flexibility index (Phi) is 7.71. The predicted octanol–water partition coefficient (Wildman–Crippen LogP) is 2.58. The van der Waals surface area contributed by atoms with Crippen molar-refractivity contribution >= 4 is 41.5 Å². The molecule has 2 amide bonds. The highest BCUT2D eigenvalue weighted by Gasteiger charge is 2.27. The molecule has 0 spiro atoms. The van der Waals surface area contributed by atoms with Crippen molar-refractivity contribution in [3.8, 4) is 0 Å². The van der Waals surface area contributed by atoms with Crippen molar-refractivity contribution in [2.75, 3.05) is 12.4 Å². The SMILES string of the molecule is CCCC(C)(N)C(=O)Nc1ccc(Cl)c(C(=O)NC)c1.Cl. The van der Waals surface area contributed by atoms with Crippen LogP contribution in [0.25, 0.3) is 0 Å². The third-order valence-corrected chi connectivity index (χ3v) is 3.31. The molecule has 0 aliphatic rings. The number of nitrogens with one attached hydrogen (secondary N) is 2. The Morgan fingerprint density at radius 3 is 2.52 bits per heavy atom. The lowest BCUT2D eigenvalue weighted by atomic mass is 9.96. The first-order valence-corrected chi connectivity index (χ1v) is 6.81. The van der Waals surface area contributed by atoms with Crippen molar-refractivity contribution in [2.24, 2.45) is 5.73 Å². The van der Waals surface area contributed by atoms with Crippen molar-refractivity contribution in [3.63, 3.8) is 0 Å². The summed E-state index contributed by atoms with van der Waals surface area (Å²) in [5, 5.41) is 5.53. The van der Waals surface area contributed by atoms with E-state index in [1.807, 2.05) is 6.92 Å². The van der Waals surface area contributed by atoms with E-state index in [-0.39, 0.29) is 24.2 Å². The van der Waals surface area contributed by atoms with E-state index in [1.54, 1.807) is 19.1 Å². The van der Waals surface area contributed by atoms with Crippen LogP contribution in [0.3, 0.4) is 0 Å². The van der Waals surface area contributed by atoms with Gasteiger partial charge in [-0.25, -0.2) is 0 Å². The molecule has 1 aromatic rings. The standard InChI is InChI=1S/C14H20ClN3O2.ClH/c1-4-7-14(2,16)13(20)18-9-5-6-11(15)10(8-9)12(19)17-3;/h5-6,8H,4,7,16H2,1-3H3,(H,17,19)(H,18,20);1H. The molecule has 0 radical (unpaired) electrons. The molecule has 1 rings (SSSR count). The van der Waals surface area contributed by atoms with E-state index < -0.39 is 5.54 Å². The van der Waals surface area contributed by atoms with Crippen molar-refractivity contribution in [1.29, 1.82) is 0 Å². The molecule has 1 unspecified atom stereocenters. The van der Waals surface area contributed by atoms with Gasteiger partial charge in [0.15, 0.2) is 0 Å². The zero-order valence-electron chi connectivity index (χ0n) is 12.3. The number of anilines is 1. The number of rotatable bonds is 5. The van der Waals surface area contributed by atoms with Crippen LogP contribution in [0.2, 0.25) is 5.02 Å². The van der Waals surface area contributed by atoms with E-state index in [4.69, 9.17) is 17.3 Å². The van der Waals surface area contributed by atoms with Gasteiger partial charge in [-0.05, 0) is 31.5 Å². The number of halogens is 2. The Balaban J connectivity index is 0.00000400. The Morgan fingerprint density at radius 1 is 1.38 bits per heavy atom. The first-order chi connectivity index (χ1) is 9.31. The first-order valence-electron chi connectivity index (χ1n) is 6.43. The van der Waals surface area contributed by atoms with Crippen LogP contribution < -0.4 is 16.4 Å². The molecule has 0 saturated carbocycles. The topological polar surface area (TPSA) is 84.2 Å². The number of carbonyl (C=O) groups is 2. The zero-order chi connectivity index (χ0) is 15.3. The molecular weight excluding hydrogens is 313 g/mol. The second-order valence-electron chi connectivity index (χ2n) is 4.90. The lowest BCUT2D eigenvalue weighted by molar-refractivity contribution is -0.120. The molecule has 0 saturated heterocycles. The van der Waals surface area contributed by atoms with E-state index in [2.05, 4.69) is 10.6 Å². The van der Waals surface area contributed by atoms with Crippen LogP contribution in [0.4, 0.5) is 5.69 Å². The molecule has 5 nitrogen and oxygen atoms in total. The van der Waals surface area contributed by atoms with Crippen LogP contribution in [0.5, 0.6) is 0 Å². The summed E-state index contributed by atoms with van der Waals surface area (Å²) in [6.45, 7) is 3.64. The summed E-state index contributed by atoms with van der Waals surface area (Å²) in [5.74, 6) is -0.598. The molecule has 4 N–H and O–H groups in total. The van der Waals surface area contributed by atoms with Gasteiger partial charge in [-0.3, -0.25) is 9.59 Å². The highest BCUT2D eigenvalue weighted by Crippen LogP contribution is 2.21. The molecule has 7 heteroatoms. The minimum absolute atomic E-state index is 0. The van der Waals surface area contributed by atoms with Gasteiger partial charge in [0.05, 0.1) is 16.1 Å². The molecule has 0 heterocycles. The van der Waals surface area contributed by atoms with Crippen LogP contribution in [-0.4, -0.2) is 24.4 Å². The number of hydrogen-bond donors (Lipinski definition) is 3. The summed E-state index contributed by atoms with van der Waals surface area (Å²) < 4.78 is 0. The van der Waals surface area contributed by atoms with Gasteiger partial charge < -0.3 is 16.4 Å². The number of nitrogens with two attached hydrogens (primary N) is 1. The molecule has 118 valence electrons. The van der Waals surface area contributed by atoms with Gasteiger partial charge in [0.25, 0.3) is 5.91 Å². The molecule has 0 aliphatic heterocycles. The molecule has 0 aromatic heterocycles. The molecule has 0 aliphatic carbocycles. The number of hydrogen-bond acceptors (Lipinski definition) is 3. The van der Waals surface area contributed by atoms with E-state index >= 15 is 0 Å². The average Bonchev–Trinajstić information content (AvgIpc) is 2.39. The van der Waals surface area contributed by atoms with E-state index in [0.29, 0.717) is 22.7 Å². The summed E-state index contributed by atoms with van der Waals surface area (Å²) in [7, 11) is 1.52. The average molecular weight is 334 g/mol. The summed E-state index contributed by atoms with van der Waals surface area (Å²) in [4.78, 5) is 23.7. The van der Waals surface area contributed by atoms with Crippen molar-refractivity contribution in [1.82, 2.24) is 5.32 Å². The fourth-order valence-electron chi connectivity index (χ4n) is 1.82. The van der Waals surface area contributed by atoms with Gasteiger partial charge >= 0.3 is 0 Å². The van der Waals surface area contributed by atoms with Crippen molar-refractivity contribution < 1.29 is 9.59 Å². The maximum atomic E-state index is 12.1. The van der Waals surface area contributed by atoms with Crippen LogP contribution in [0, 0.1) is 0 Å². The Bertz CT molecular complexity index is 519. The summed E-state index contributed by atoms with van der Waals surface area (Å²) in [6, 6.07) is 4.73. The van der Waals surface area contributed by atoms with Gasteiger partial charge in [0.2, 0.25) is 5.91 Å². The van der Waals surface area contributed by atoms with Gasteiger partial charge in [0, 0.05) is 12.7 Å². The first kappa shape index (κ1) is 19.7. The predicted molar refractivity (Wildman–Crippen MR) is 88.2 cm³/mol. The van der Waals surface area contributed by atoms with Crippen LogP contribution in [0.15, 0.2) is 18.2 Å². The Morgan fingerprint density at radius 2 is 2.00 bits per heavy atom. The third kappa shape index (κ3) is 5.19. The lowest BCUT2D eigenvalue weighted by Gasteiger charge is -2.23. The fraction of sp³-hybridized carbons (Fsp3) is 0.429.